The topological polar surface area (TPSA) is 58.4 Å². The first-order chi connectivity index (χ1) is 12.6. The van der Waals surface area contributed by atoms with Crippen molar-refractivity contribution in [1.82, 2.24) is 4.90 Å². The number of alkyl halides is 2. The minimum atomic E-state index is -2.53. The Bertz CT molecular complexity index is 692. The average molecular weight is 416 g/mol. The number of thioether (sulfide) groups is 1. The Morgan fingerprint density at radius 2 is 1.74 bits per heavy atom. The molecule has 0 saturated carbocycles. The SMILES string of the molecule is Cl.NCCN(CCc1ccccc1)CC(=O)Nc1ccccc1SC(F)F. The summed E-state index contributed by atoms with van der Waals surface area (Å²) in [6.07, 6.45) is 0.811. The molecule has 2 aromatic carbocycles. The first-order valence-corrected chi connectivity index (χ1v) is 9.26. The minimum absolute atomic E-state index is 0. The molecule has 4 nitrogen and oxygen atoms in total. The molecule has 0 spiro atoms. The van der Waals surface area contributed by atoms with E-state index in [0.29, 0.717) is 42.0 Å². The van der Waals surface area contributed by atoms with E-state index >= 15 is 0 Å². The van der Waals surface area contributed by atoms with Crippen LogP contribution >= 0.6 is 24.2 Å². The van der Waals surface area contributed by atoms with Gasteiger partial charge in [-0.1, -0.05) is 54.2 Å². The fourth-order valence-electron chi connectivity index (χ4n) is 2.55. The van der Waals surface area contributed by atoms with Gasteiger partial charge in [-0.3, -0.25) is 9.69 Å². The van der Waals surface area contributed by atoms with Gasteiger partial charge in [0.05, 0.1) is 12.2 Å². The van der Waals surface area contributed by atoms with Crippen LogP contribution in [0.1, 0.15) is 5.56 Å². The highest BCUT2D eigenvalue weighted by molar-refractivity contribution is 7.99. The number of para-hydroxylation sites is 1. The lowest BCUT2D eigenvalue weighted by atomic mass is 10.1. The molecule has 0 unspecified atom stereocenters. The zero-order chi connectivity index (χ0) is 18.8. The monoisotopic (exact) mass is 415 g/mol. The molecule has 148 valence electrons. The fourth-order valence-corrected chi connectivity index (χ4v) is 3.14. The molecule has 0 aliphatic carbocycles. The smallest absolute Gasteiger partial charge is 0.288 e. The second-order valence-electron chi connectivity index (χ2n) is 5.72. The molecule has 3 N–H and O–H groups in total. The maximum atomic E-state index is 12.6. The van der Waals surface area contributed by atoms with Crippen molar-refractivity contribution in [2.75, 3.05) is 31.5 Å². The summed E-state index contributed by atoms with van der Waals surface area (Å²) in [4.78, 5) is 14.7. The summed E-state index contributed by atoms with van der Waals surface area (Å²) in [5, 5.41) is 2.73. The number of hydrogen-bond donors (Lipinski definition) is 2. The van der Waals surface area contributed by atoms with E-state index in [1.165, 1.54) is 5.56 Å². The van der Waals surface area contributed by atoms with Gasteiger partial charge in [-0.25, -0.2) is 0 Å². The predicted molar refractivity (Wildman–Crippen MR) is 110 cm³/mol. The van der Waals surface area contributed by atoms with Gasteiger partial charge in [0, 0.05) is 24.5 Å². The van der Waals surface area contributed by atoms with E-state index in [1.807, 2.05) is 35.2 Å². The summed E-state index contributed by atoms with van der Waals surface area (Å²) in [6.45, 7) is 1.90. The average Bonchev–Trinajstić information content (AvgIpc) is 2.62. The Kier molecular flexibility index (Phi) is 11.0. The fraction of sp³-hybridized carbons (Fsp3) is 0.316. The Balaban J connectivity index is 0.00000364. The lowest BCUT2D eigenvalue weighted by Crippen LogP contribution is -2.38. The highest BCUT2D eigenvalue weighted by Gasteiger charge is 2.14. The molecular weight excluding hydrogens is 392 g/mol. The lowest BCUT2D eigenvalue weighted by Gasteiger charge is -2.21. The van der Waals surface area contributed by atoms with Crippen LogP contribution in [-0.2, 0) is 11.2 Å². The number of anilines is 1. The van der Waals surface area contributed by atoms with Gasteiger partial charge in [-0.2, -0.15) is 8.78 Å². The number of halogens is 3. The zero-order valence-electron chi connectivity index (χ0n) is 14.8. The third kappa shape index (κ3) is 8.71. The molecule has 0 fully saturated rings. The minimum Gasteiger partial charge on any atom is -0.329 e. The molecule has 0 aliphatic heterocycles. The number of carbonyl (C=O) groups excluding carboxylic acids is 1. The van der Waals surface area contributed by atoms with Crippen LogP contribution in [-0.4, -0.2) is 42.7 Å². The number of hydrogen-bond acceptors (Lipinski definition) is 4. The van der Waals surface area contributed by atoms with E-state index in [2.05, 4.69) is 5.32 Å². The summed E-state index contributed by atoms with van der Waals surface area (Å²) in [5.41, 5.74) is 7.24. The molecule has 0 saturated heterocycles. The van der Waals surface area contributed by atoms with E-state index in [4.69, 9.17) is 5.73 Å². The van der Waals surface area contributed by atoms with Crippen molar-refractivity contribution in [3.8, 4) is 0 Å². The maximum Gasteiger partial charge on any atom is 0.288 e. The van der Waals surface area contributed by atoms with Crippen LogP contribution in [0.2, 0.25) is 0 Å². The van der Waals surface area contributed by atoms with E-state index in [1.54, 1.807) is 24.3 Å². The van der Waals surface area contributed by atoms with Crippen LogP contribution in [0.3, 0.4) is 0 Å². The van der Waals surface area contributed by atoms with Crippen LogP contribution in [0.25, 0.3) is 0 Å². The van der Waals surface area contributed by atoms with Gasteiger partial charge in [-0.05, 0) is 24.1 Å². The molecule has 8 heteroatoms. The second-order valence-corrected chi connectivity index (χ2v) is 6.76. The molecule has 2 rings (SSSR count). The quantitative estimate of drug-likeness (QED) is 0.578. The Labute approximate surface area is 168 Å². The van der Waals surface area contributed by atoms with E-state index in [0.717, 1.165) is 6.42 Å². The number of benzene rings is 2. The molecule has 0 aliphatic rings. The van der Waals surface area contributed by atoms with Crippen molar-refractivity contribution in [3.05, 3.63) is 60.2 Å². The summed E-state index contributed by atoms with van der Waals surface area (Å²) in [6, 6.07) is 16.6. The third-order valence-electron chi connectivity index (χ3n) is 3.75. The first-order valence-electron chi connectivity index (χ1n) is 8.38. The highest BCUT2D eigenvalue weighted by Crippen LogP contribution is 2.31. The summed E-state index contributed by atoms with van der Waals surface area (Å²) in [7, 11) is 0. The number of nitrogens with one attached hydrogen (secondary N) is 1. The van der Waals surface area contributed by atoms with Crippen LogP contribution in [0.4, 0.5) is 14.5 Å². The summed E-state index contributed by atoms with van der Waals surface area (Å²) in [5.74, 6) is -2.78. The molecule has 27 heavy (non-hydrogen) atoms. The van der Waals surface area contributed by atoms with Crippen molar-refractivity contribution in [3.63, 3.8) is 0 Å². The van der Waals surface area contributed by atoms with Crippen molar-refractivity contribution in [2.45, 2.75) is 17.1 Å². The molecule has 0 aromatic heterocycles. The van der Waals surface area contributed by atoms with Crippen molar-refractivity contribution in [2.24, 2.45) is 5.73 Å². The zero-order valence-corrected chi connectivity index (χ0v) is 16.4. The van der Waals surface area contributed by atoms with E-state index in [-0.39, 0.29) is 24.9 Å². The van der Waals surface area contributed by atoms with Crippen molar-refractivity contribution < 1.29 is 13.6 Å². The first kappa shape index (κ1) is 23.4. The Morgan fingerprint density at radius 3 is 2.41 bits per heavy atom. The molecule has 0 atom stereocenters. The molecule has 0 radical (unpaired) electrons. The number of amides is 1. The number of nitrogens with two attached hydrogens (primary N) is 1. The van der Waals surface area contributed by atoms with Crippen molar-refractivity contribution >= 4 is 35.8 Å². The Morgan fingerprint density at radius 1 is 1.07 bits per heavy atom. The number of nitrogens with zero attached hydrogens (tertiary/aromatic N) is 1. The van der Waals surface area contributed by atoms with Crippen LogP contribution in [0, 0.1) is 0 Å². The normalized spacial score (nSPS) is 10.7. The number of rotatable bonds is 10. The van der Waals surface area contributed by atoms with E-state index < -0.39 is 5.76 Å². The van der Waals surface area contributed by atoms with Gasteiger partial charge in [0.1, 0.15) is 0 Å². The van der Waals surface area contributed by atoms with Gasteiger partial charge in [0.15, 0.2) is 0 Å². The van der Waals surface area contributed by atoms with Crippen LogP contribution in [0.15, 0.2) is 59.5 Å². The summed E-state index contributed by atoms with van der Waals surface area (Å²) < 4.78 is 25.3. The van der Waals surface area contributed by atoms with Gasteiger partial charge < -0.3 is 11.1 Å². The molecule has 0 heterocycles. The van der Waals surface area contributed by atoms with Gasteiger partial charge >= 0.3 is 0 Å². The maximum absolute atomic E-state index is 12.6. The molecule has 1 amide bonds. The van der Waals surface area contributed by atoms with Crippen LogP contribution in [0.5, 0.6) is 0 Å². The van der Waals surface area contributed by atoms with Crippen LogP contribution < -0.4 is 11.1 Å². The predicted octanol–water partition coefficient (Wildman–Crippen LogP) is 3.87. The number of carbonyl (C=O) groups is 1. The van der Waals surface area contributed by atoms with E-state index in [9.17, 15) is 13.6 Å². The van der Waals surface area contributed by atoms with Crippen molar-refractivity contribution in [1.29, 1.82) is 0 Å². The molecule has 2 aromatic rings. The highest BCUT2D eigenvalue weighted by atomic mass is 35.5. The molecular formula is C19H24ClF2N3OS. The standard InChI is InChI=1S/C19H23F2N3OS.ClH/c20-19(21)26-17-9-5-4-8-16(17)23-18(25)14-24(13-11-22)12-10-15-6-2-1-3-7-15;/h1-9,19H,10-14,22H2,(H,23,25);1H. The third-order valence-corrected chi connectivity index (χ3v) is 4.54. The van der Waals surface area contributed by atoms with Gasteiger partial charge in [-0.15, -0.1) is 12.4 Å². The lowest BCUT2D eigenvalue weighted by molar-refractivity contribution is -0.117. The second kappa shape index (κ2) is 12.7. The van der Waals surface area contributed by atoms with Gasteiger partial charge in [0.25, 0.3) is 5.76 Å². The molecule has 0 bridgehead atoms. The van der Waals surface area contributed by atoms with Gasteiger partial charge in [0.2, 0.25) is 5.91 Å². The largest absolute Gasteiger partial charge is 0.329 e. The Hall–Kier alpha value is -1.67. The summed E-state index contributed by atoms with van der Waals surface area (Å²) >= 11 is 0.422.